The molecule has 1 aliphatic heterocycles. The van der Waals surface area contributed by atoms with Gasteiger partial charge in [-0.3, -0.25) is 9.59 Å². The molecule has 6 nitrogen and oxygen atoms in total. The van der Waals surface area contributed by atoms with Crippen molar-refractivity contribution in [2.75, 3.05) is 39.9 Å². The number of para-hydroxylation sites is 1. The molecule has 0 N–H and O–H groups in total. The summed E-state index contributed by atoms with van der Waals surface area (Å²) >= 11 is 11.9. The minimum absolute atomic E-state index is 0.103. The Morgan fingerprint density at radius 3 is 2.32 bits per heavy atom. The van der Waals surface area contributed by atoms with Crippen LogP contribution in [0.25, 0.3) is 0 Å². The van der Waals surface area contributed by atoms with Crippen LogP contribution in [0.5, 0.6) is 11.5 Å². The van der Waals surface area contributed by atoms with Crippen molar-refractivity contribution in [3.8, 4) is 11.5 Å². The molecule has 148 valence electrons. The molecule has 0 unspecified atom stereocenters. The number of methoxy groups -OCH3 is 1. The van der Waals surface area contributed by atoms with Crippen LogP contribution in [0.3, 0.4) is 0 Å². The molecule has 0 atom stereocenters. The average Bonchev–Trinajstić information content (AvgIpc) is 2.72. The van der Waals surface area contributed by atoms with Gasteiger partial charge in [-0.15, -0.1) is 0 Å². The van der Waals surface area contributed by atoms with E-state index in [1.54, 1.807) is 46.2 Å². The molecular formula is C20H20Cl2N2O4. The number of rotatable bonds is 5. The van der Waals surface area contributed by atoms with Crippen LogP contribution in [0.1, 0.15) is 10.4 Å². The maximum absolute atomic E-state index is 12.7. The van der Waals surface area contributed by atoms with Crippen molar-refractivity contribution in [2.45, 2.75) is 0 Å². The lowest BCUT2D eigenvalue weighted by Gasteiger charge is -2.35. The smallest absolute Gasteiger partial charge is 0.260 e. The Kier molecular flexibility index (Phi) is 6.65. The van der Waals surface area contributed by atoms with E-state index in [1.807, 2.05) is 6.07 Å². The molecule has 2 aromatic carbocycles. The zero-order chi connectivity index (χ0) is 20.1. The number of piperazine rings is 1. The lowest BCUT2D eigenvalue weighted by molar-refractivity contribution is -0.134. The Hall–Kier alpha value is -2.44. The summed E-state index contributed by atoms with van der Waals surface area (Å²) in [6.07, 6.45) is 0. The second kappa shape index (κ2) is 9.17. The first-order valence-electron chi connectivity index (χ1n) is 8.77. The molecule has 1 aliphatic rings. The van der Waals surface area contributed by atoms with Gasteiger partial charge in [-0.1, -0.05) is 35.3 Å². The summed E-state index contributed by atoms with van der Waals surface area (Å²) in [6, 6.07) is 11.9. The number of hydrogen-bond acceptors (Lipinski definition) is 4. The molecule has 1 fully saturated rings. The van der Waals surface area contributed by atoms with E-state index in [9.17, 15) is 9.59 Å². The summed E-state index contributed by atoms with van der Waals surface area (Å²) in [5, 5.41) is 0.854. The summed E-state index contributed by atoms with van der Waals surface area (Å²) in [5.74, 6) is 0.688. The van der Waals surface area contributed by atoms with Gasteiger partial charge in [0.15, 0.2) is 6.61 Å². The van der Waals surface area contributed by atoms with Crippen LogP contribution in [-0.2, 0) is 4.79 Å². The van der Waals surface area contributed by atoms with Crippen molar-refractivity contribution in [3.05, 3.63) is 58.1 Å². The Morgan fingerprint density at radius 2 is 1.64 bits per heavy atom. The van der Waals surface area contributed by atoms with Crippen molar-refractivity contribution in [1.29, 1.82) is 0 Å². The van der Waals surface area contributed by atoms with E-state index < -0.39 is 0 Å². The van der Waals surface area contributed by atoms with E-state index in [1.165, 1.54) is 7.11 Å². The number of carbonyl (C=O) groups excluding carboxylic acids is 2. The topological polar surface area (TPSA) is 59.1 Å². The van der Waals surface area contributed by atoms with E-state index in [0.29, 0.717) is 53.3 Å². The molecule has 0 spiro atoms. The van der Waals surface area contributed by atoms with Crippen molar-refractivity contribution < 1.29 is 19.1 Å². The molecule has 8 heteroatoms. The minimum atomic E-state index is -0.157. The van der Waals surface area contributed by atoms with Crippen LogP contribution in [0.4, 0.5) is 0 Å². The molecule has 2 amide bonds. The first-order valence-corrected chi connectivity index (χ1v) is 9.53. The first-order chi connectivity index (χ1) is 13.5. The second-order valence-corrected chi connectivity index (χ2v) is 7.08. The number of amides is 2. The SMILES string of the molecule is COc1ccccc1C(=O)N1CCN(C(=O)COc2ccc(Cl)cc2Cl)CC1. The van der Waals surface area contributed by atoms with Crippen LogP contribution in [0.15, 0.2) is 42.5 Å². The number of hydrogen-bond donors (Lipinski definition) is 0. The predicted octanol–water partition coefficient (Wildman–Crippen LogP) is 3.37. The van der Waals surface area contributed by atoms with Gasteiger partial charge in [0.05, 0.1) is 17.7 Å². The van der Waals surface area contributed by atoms with Gasteiger partial charge >= 0.3 is 0 Å². The van der Waals surface area contributed by atoms with Crippen molar-refractivity contribution in [1.82, 2.24) is 9.80 Å². The maximum Gasteiger partial charge on any atom is 0.260 e. The van der Waals surface area contributed by atoms with Gasteiger partial charge in [-0.25, -0.2) is 0 Å². The van der Waals surface area contributed by atoms with Gasteiger partial charge in [0.1, 0.15) is 11.5 Å². The number of ether oxygens (including phenoxy) is 2. The molecule has 0 aromatic heterocycles. The van der Waals surface area contributed by atoms with E-state index in [0.717, 1.165) is 0 Å². The molecule has 1 heterocycles. The lowest BCUT2D eigenvalue weighted by atomic mass is 10.1. The molecule has 0 bridgehead atoms. The Bertz CT molecular complexity index is 867. The second-order valence-electron chi connectivity index (χ2n) is 6.24. The fourth-order valence-electron chi connectivity index (χ4n) is 2.97. The van der Waals surface area contributed by atoms with Gasteiger partial charge in [0.2, 0.25) is 0 Å². The standard InChI is InChI=1S/C20H20Cl2N2O4/c1-27-17-5-3-2-4-15(17)20(26)24-10-8-23(9-11-24)19(25)13-28-18-7-6-14(21)12-16(18)22/h2-7,12H,8-11,13H2,1H3. The van der Waals surface area contributed by atoms with E-state index in [-0.39, 0.29) is 18.4 Å². The molecule has 2 aromatic rings. The Morgan fingerprint density at radius 1 is 0.964 bits per heavy atom. The Labute approximate surface area is 173 Å². The number of carbonyl (C=O) groups is 2. The highest BCUT2D eigenvalue weighted by molar-refractivity contribution is 6.35. The van der Waals surface area contributed by atoms with Crippen molar-refractivity contribution in [2.24, 2.45) is 0 Å². The summed E-state index contributed by atoms with van der Waals surface area (Å²) in [6.45, 7) is 1.66. The normalized spacial score (nSPS) is 14.0. The third-order valence-corrected chi connectivity index (χ3v) is 5.03. The molecular weight excluding hydrogens is 403 g/mol. The fraction of sp³-hybridized carbons (Fsp3) is 0.300. The van der Waals surface area contributed by atoms with E-state index in [4.69, 9.17) is 32.7 Å². The van der Waals surface area contributed by atoms with Crippen LogP contribution < -0.4 is 9.47 Å². The summed E-state index contributed by atoms with van der Waals surface area (Å²) < 4.78 is 10.8. The summed E-state index contributed by atoms with van der Waals surface area (Å²) in [5.41, 5.74) is 0.519. The minimum Gasteiger partial charge on any atom is -0.496 e. The van der Waals surface area contributed by atoms with Crippen LogP contribution in [0.2, 0.25) is 10.0 Å². The molecule has 0 saturated carbocycles. The van der Waals surface area contributed by atoms with Gasteiger partial charge in [0, 0.05) is 31.2 Å². The number of benzene rings is 2. The highest BCUT2D eigenvalue weighted by atomic mass is 35.5. The number of halogens is 2. The molecule has 0 aliphatic carbocycles. The van der Waals surface area contributed by atoms with Crippen molar-refractivity contribution >= 4 is 35.0 Å². The predicted molar refractivity (Wildman–Crippen MR) is 107 cm³/mol. The van der Waals surface area contributed by atoms with Crippen LogP contribution >= 0.6 is 23.2 Å². The third-order valence-electron chi connectivity index (χ3n) is 4.50. The molecule has 1 saturated heterocycles. The molecule has 28 heavy (non-hydrogen) atoms. The maximum atomic E-state index is 12.7. The first kappa shape index (κ1) is 20.3. The van der Waals surface area contributed by atoms with Crippen LogP contribution in [0, 0.1) is 0 Å². The summed E-state index contributed by atoms with van der Waals surface area (Å²) in [7, 11) is 1.54. The highest BCUT2D eigenvalue weighted by Gasteiger charge is 2.26. The van der Waals surface area contributed by atoms with Gasteiger partial charge < -0.3 is 19.3 Å². The van der Waals surface area contributed by atoms with Crippen molar-refractivity contribution in [3.63, 3.8) is 0 Å². The fourth-order valence-corrected chi connectivity index (χ4v) is 3.44. The summed E-state index contributed by atoms with van der Waals surface area (Å²) in [4.78, 5) is 28.5. The molecule has 3 rings (SSSR count). The zero-order valence-corrected chi connectivity index (χ0v) is 16.9. The number of nitrogens with zero attached hydrogens (tertiary/aromatic N) is 2. The van der Waals surface area contributed by atoms with Gasteiger partial charge in [-0.05, 0) is 30.3 Å². The van der Waals surface area contributed by atoms with Gasteiger partial charge in [-0.2, -0.15) is 0 Å². The highest BCUT2D eigenvalue weighted by Crippen LogP contribution is 2.27. The quantitative estimate of drug-likeness (QED) is 0.740. The van der Waals surface area contributed by atoms with Crippen LogP contribution in [-0.4, -0.2) is 61.5 Å². The zero-order valence-electron chi connectivity index (χ0n) is 15.4. The van der Waals surface area contributed by atoms with E-state index in [2.05, 4.69) is 0 Å². The lowest BCUT2D eigenvalue weighted by Crippen LogP contribution is -2.51. The third kappa shape index (κ3) is 4.69. The largest absolute Gasteiger partial charge is 0.496 e. The van der Waals surface area contributed by atoms with E-state index >= 15 is 0 Å². The van der Waals surface area contributed by atoms with Gasteiger partial charge in [0.25, 0.3) is 11.8 Å². The molecule has 0 radical (unpaired) electrons. The monoisotopic (exact) mass is 422 g/mol. The Balaban J connectivity index is 1.53. The average molecular weight is 423 g/mol.